The molecule has 0 aromatic heterocycles. The SMILES string of the molecule is O=C(NC(c1ccccc1)c1ccccc1)C1CNCCO1. The van der Waals surface area contributed by atoms with E-state index < -0.39 is 6.10 Å². The molecule has 0 aliphatic carbocycles. The predicted molar refractivity (Wildman–Crippen MR) is 85.5 cm³/mol. The van der Waals surface area contributed by atoms with Crippen molar-refractivity contribution < 1.29 is 9.53 Å². The highest BCUT2D eigenvalue weighted by atomic mass is 16.5. The molecule has 1 amide bonds. The van der Waals surface area contributed by atoms with E-state index in [4.69, 9.17) is 4.74 Å². The topological polar surface area (TPSA) is 50.4 Å². The van der Waals surface area contributed by atoms with E-state index >= 15 is 0 Å². The molecule has 1 saturated heterocycles. The minimum absolute atomic E-state index is 0.0788. The van der Waals surface area contributed by atoms with E-state index in [0.29, 0.717) is 13.2 Å². The van der Waals surface area contributed by atoms with Crippen LogP contribution < -0.4 is 10.6 Å². The van der Waals surface area contributed by atoms with Gasteiger partial charge < -0.3 is 15.4 Å². The van der Waals surface area contributed by atoms with Crippen molar-refractivity contribution in [3.8, 4) is 0 Å². The molecule has 1 fully saturated rings. The summed E-state index contributed by atoms with van der Waals surface area (Å²) in [6, 6.07) is 19.8. The van der Waals surface area contributed by atoms with Gasteiger partial charge in [0, 0.05) is 13.1 Å². The number of rotatable bonds is 4. The smallest absolute Gasteiger partial charge is 0.251 e. The molecule has 2 aromatic rings. The summed E-state index contributed by atoms with van der Waals surface area (Å²) < 4.78 is 5.54. The maximum Gasteiger partial charge on any atom is 0.251 e. The predicted octanol–water partition coefficient (Wildman–Crippen LogP) is 1.88. The molecule has 3 rings (SSSR count). The van der Waals surface area contributed by atoms with Gasteiger partial charge in [0.15, 0.2) is 0 Å². The third-order valence-corrected chi connectivity index (χ3v) is 3.77. The van der Waals surface area contributed by atoms with Gasteiger partial charge in [-0.1, -0.05) is 60.7 Å². The summed E-state index contributed by atoms with van der Waals surface area (Å²) in [7, 11) is 0. The number of hydrogen-bond acceptors (Lipinski definition) is 3. The highest BCUT2D eigenvalue weighted by Crippen LogP contribution is 2.22. The van der Waals surface area contributed by atoms with Gasteiger partial charge in [-0.05, 0) is 11.1 Å². The van der Waals surface area contributed by atoms with Gasteiger partial charge in [0.2, 0.25) is 0 Å². The average molecular weight is 296 g/mol. The second-order valence-electron chi connectivity index (χ2n) is 5.33. The van der Waals surface area contributed by atoms with Crippen molar-refractivity contribution in [2.45, 2.75) is 12.1 Å². The van der Waals surface area contributed by atoms with E-state index in [1.807, 2.05) is 60.7 Å². The zero-order valence-electron chi connectivity index (χ0n) is 12.4. The first-order valence-electron chi connectivity index (χ1n) is 7.57. The second kappa shape index (κ2) is 7.20. The summed E-state index contributed by atoms with van der Waals surface area (Å²) in [5.41, 5.74) is 2.12. The Morgan fingerprint density at radius 3 is 2.14 bits per heavy atom. The van der Waals surface area contributed by atoms with Gasteiger partial charge >= 0.3 is 0 Å². The van der Waals surface area contributed by atoms with Crippen molar-refractivity contribution in [2.24, 2.45) is 0 Å². The summed E-state index contributed by atoms with van der Waals surface area (Å²) in [6.45, 7) is 1.92. The average Bonchev–Trinajstić information content (AvgIpc) is 2.62. The van der Waals surface area contributed by atoms with E-state index in [9.17, 15) is 4.79 Å². The third-order valence-electron chi connectivity index (χ3n) is 3.77. The molecule has 2 N–H and O–H groups in total. The Hall–Kier alpha value is -2.17. The molecular formula is C18H20N2O2. The van der Waals surface area contributed by atoms with Crippen molar-refractivity contribution in [3.63, 3.8) is 0 Å². The molecule has 1 atom stereocenters. The van der Waals surface area contributed by atoms with Crippen LogP contribution in [0.1, 0.15) is 17.2 Å². The summed E-state index contributed by atoms with van der Waals surface area (Å²) >= 11 is 0. The van der Waals surface area contributed by atoms with Crippen LogP contribution in [0.25, 0.3) is 0 Å². The lowest BCUT2D eigenvalue weighted by molar-refractivity contribution is -0.134. The zero-order chi connectivity index (χ0) is 15.2. The Morgan fingerprint density at radius 1 is 1.05 bits per heavy atom. The normalized spacial score (nSPS) is 18.1. The monoisotopic (exact) mass is 296 g/mol. The molecule has 114 valence electrons. The molecule has 1 unspecified atom stereocenters. The molecule has 1 aliphatic heterocycles. The van der Waals surface area contributed by atoms with Gasteiger partial charge in [0.25, 0.3) is 5.91 Å². The van der Waals surface area contributed by atoms with E-state index in [1.54, 1.807) is 0 Å². The fourth-order valence-corrected chi connectivity index (χ4v) is 2.62. The molecule has 0 spiro atoms. The van der Waals surface area contributed by atoms with E-state index in [1.165, 1.54) is 0 Å². The van der Waals surface area contributed by atoms with Crippen LogP contribution in [0.5, 0.6) is 0 Å². The number of carbonyl (C=O) groups is 1. The van der Waals surface area contributed by atoms with Crippen LogP contribution in [-0.2, 0) is 9.53 Å². The van der Waals surface area contributed by atoms with Gasteiger partial charge in [-0.15, -0.1) is 0 Å². The zero-order valence-corrected chi connectivity index (χ0v) is 12.4. The number of benzene rings is 2. The van der Waals surface area contributed by atoms with Crippen LogP contribution in [0.3, 0.4) is 0 Å². The molecule has 22 heavy (non-hydrogen) atoms. The Balaban J connectivity index is 1.81. The highest BCUT2D eigenvalue weighted by molar-refractivity contribution is 5.82. The largest absolute Gasteiger partial charge is 0.366 e. The molecule has 1 heterocycles. The molecule has 0 radical (unpaired) electrons. The van der Waals surface area contributed by atoms with Crippen LogP contribution in [0, 0.1) is 0 Å². The molecule has 4 heteroatoms. The van der Waals surface area contributed by atoms with Crippen molar-refractivity contribution in [2.75, 3.05) is 19.7 Å². The van der Waals surface area contributed by atoms with Gasteiger partial charge in [-0.3, -0.25) is 4.79 Å². The van der Waals surface area contributed by atoms with E-state index in [0.717, 1.165) is 17.7 Å². The first-order chi connectivity index (χ1) is 10.8. The summed E-state index contributed by atoms with van der Waals surface area (Å²) in [5, 5.41) is 6.30. The highest BCUT2D eigenvalue weighted by Gasteiger charge is 2.25. The number of carbonyl (C=O) groups excluding carboxylic acids is 1. The van der Waals surface area contributed by atoms with E-state index in [2.05, 4.69) is 10.6 Å². The summed E-state index contributed by atoms with van der Waals surface area (Å²) in [4.78, 5) is 12.5. The molecule has 4 nitrogen and oxygen atoms in total. The van der Waals surface area contributed by atoms with Crippen LogP contribution in [0.4, 0.5) is 0 Å². The molecule has 1 aliphatic rings. The molecule has 0 bridgehead atoms. The van der Waals surface area contributed by atoms with Gasteiger partial charge in [0.1, 0.15) is 6.10 Å². The Bertz CT molecular complexity index is 555. The standard InChI is InChI=1S/C18H20N2O2/c21-18(16-13-19-11-12-22-16)20-17(14-7-3-1-4-8-14)15-9-5-2-6-10-15/h1-10,16-17,19H,11-13H2,(H,20,21). The molecular weight excluding hydrogens is 276 g/mol. The number of amides is 1. The summed E-state index contributed by atoms with van der Waals surface area (Å²) in [5.74, 6) is -0.0788. The minimum atomic E-state index is -0.427. The van der Waals surface area contributed by atoms with Gasteiger partial charge in [-0.25, -0.2) is 0 Å². The van der Waals surface area contributed by atoms with Crippen LogP contribution in [0.2, 0.25) is 0 Å². The lowest BCUT2D eigenvalue weighted by atomic mass is 9.98. The fraction of sp³-hybridized carbons (Fsp3) is 0.278. The molecule has 0 saturated carbocycles. The quantitative estimate of drug-likeness (QED) is 0.906. The first-order valence-corrected chi connectivity index (χ1v) is 7.57. The molecule has 2 aromatic carbocycles. The third kappa shape index (κ3) is 3.53. The number of hydrogen-bond donors (Lipinski definition) is 2. The minimum Gasteiger partial charge on any atom is -0.366 e. The lowest BCUT2D eigenvalue weighted by Gasteiger charge is -2.26. The van der Waals surface area contributed by atoms with Crippen molar-refractivity contribution in [1.82, 2.24) is 10.6 Å². The maximum atomic E-state index is 12.5. The van der Waals surface area contributed by atoms with Gasteiger partial charge in [0.05, 0.1) is 12.6 Å². The van der Waals surface area contributed by atoms with Crippen molar-refractivity contribution in [3.05, 3.63) is 71.8 Å². The first kappa shape index (κ1) is 14.8. The fourth-order valence-electron chi connectivity index (χ4n) is 2.62. The lowest BCUT2D eigenvalue weighted by Crippen LogP contribution is -2.48. The number of nitrogens with one attached hydrogen (secondary N) is 2. The van der Waals surface area contributed by atoms with Crippen LogP contribution in [0.15, 0.2) is 60.7 Å². The maximum absolute atomic E-state index is 12.5. The number of ether oxygens (including phenoxy) is 1. The Kier molecular flexibility index (Phi) is 4.83. The van der Waals surface area contributed by atoms with Crippen molar-refractivity contribution >= 4 is 5.91 Å². The van der Waals surface area contributed by atoms with E-state index in [-0.39, 0.29) is 11.9 Å². The Morgan fingerprint density at radius 2 is 1.64 bits per heavy atom. The van der Waals surface area contributed by atoms with Gasteiger partial charge in [-0.2, -0.15) is 0 Å². The number of morpholine rings is 1. The van der Waals surface area contributed by atoms with Crippen LogP contribution >= 0.6 is 0 Å². The van der Waals surface area contributed by atoms with Crippen molar-refractivity contribution in [1.29, 1.82) is 0 Å². The van der Waals surface area contributed by atoms with Crippen LogP contribution in [-0.4, -0.2) is 31.7 Å². The second-order valence-corrected chi connectivity index (χ2v) is 5.33. The Labute approximate surface area is 130 Å². The summed E-state index contributed by atoms with van der Waals surface area (Å²) in [6.07, 6.45) is -0.427.